The quantitative estimate of drug-likeness (QED) is 0.756. The molecular weight excluding hydrogens is 238 g/mol. The van der Waals surface area contributed by atoms with E-state index < -0.39 is 29.0 Å². The molecule has 7 heteroatoms. The second-order valence-corrected chi connectivity index (χ2v) is 2.52. The van der Waals surface area contributed by atoms with Gasteiger partial charge in [0.15, 0.2) is 0 Å². The summed E-state index contributed by atoms with van der Waals surface area (Å²) in [6, 6.07) is 2.21. The summed E-state index contributed by atoms with van der Waals surface area (Å²) in [5, 5.41) is 0. The minimum Gasteiger partial charge on any atom is -0.365 e. The number of amides is 1. The Hall–Kier alpha value is -1.30. The Morgan fingerprint density at radius 1 is 1.27 bits per heavy atom. The van der Waals surface area contributed by atoms with Gasteiger partial charge >= 0.3 is 6.18 Å². The number of rotatable bonds is 1. The van der Waals surface area contributed by atoms with Gasteiger partial charge in [0.05, 0.1) is 11.1 Å². The Bertz CT molecular complexity index is 377. The van der Waals surface area contributed by atoms with E-state index in [-0.39, 0.29) is 12.4 Å². The summed E-state index contributed by atoms with van der Waals surface area (Å²) in [4.78, 5) is 10.6. The zero-order valence-electron chi connectivity index (χ0n) is 7.14. The molecule has 0 atom stereocenters. The lowest BCUT2D eigenvalue weighted by atomic mass is 10.1. The van der Waals surface area contributed by atoms with Gasteiger partial charge in [-0.1, -0.05) is 6.07 Å². The lowest BCUT2D eigenvalue weighted by molar-refractivity contribution is -0.138. The van der Waals surface area contributed by atoms with Gasteiger partial charge in [-0.2, -0.15) is 13.2 Å². The van der Waals surface area contributed by atoms with E-state index in [0.29, 0.717) is 6.07 Å². The molecule has 2 N–H and O–H groups in total. The lowest BCUT2D eigenvalue weighted by Gasteiger charge is -2.10. The molecule has 0 aliphatic carbocycles. The van der Waals surface area contributed by atoms with Crippen LogP contribution in [0.15, 0.2) is 18.2 Å². The molecule has 0 fully saturated rings. The average Bonchev–Trinajstić information content (AvgIpc) is 2.01. The summed E-state index contributed by atoms with van der Waals surface area (Å²) in [6.45, 7) is 0. The maximum atomic E-state index is 12.8. The summed E-state index contributed by atoms with van der Waals surface area (Å²) in [6.07, 6.45) is -4.79. The third kappa shape index (κ3) is 2.82. The van der Waals surface area contributed by atoms with Crippen molar-refractivity contribution in [3.8, 4) is 0 Å². The molecule has 0 bridgehead atoms. The zero-order valence-corrected chi connectivity index (χ0v) is 7.95. The van der Waals surface area contributed by atoms with Gasteiger partial charge < -0.3 is 5.73 Å². The molecule has 84 valence electrons. The second-order valence-electron chi connectivity index (χ2n) is 2.52. The van der Waals surface area contributed by atoms with Crippen LogP contribution in [0, 0.1) is 5.82 Å². The molecule has 0 aliphatic heterocycles. The Kier molecular flexibility index (Phi) is 4.09. The minimum atomic E-state index is -4.79. The molecule has 0 aromatic heterocycles. The third-order valence-corrected chi connectivity index (χ3v) is 1.57. The summed E-state index contributed by atoms with van der Waals surface area (Å²) in [5.74, 6) is -2.71. The van der Waals surface area contributed by atoms with Crippen LogP contribution in [-0.2, 0) is 6.18 Å². The normalized spacial score (nSPS) is 10.7. The van der Waals surface area contributed by atoms with Crippen molar-refractivity contribution < 1.29 is 22.4 Å². The van der Waals surface area contributed by atoms with E-state index in [1.165, 1.54) is 0 Å². The van der Waals surface area contributed by atoms with Crippen LogP contribution in [0.2, 0.25) is 0 Å². The van der Waals surface area contributed by atoms with Crippen molar-refractivity contribution in [2.45, 2.75) is 6.18 Å². The Morgan fingerprint density at radius 2 is 1.80 bits per heavy atom. The lowest BCUT2D eigenvalue weighted by Crippen LogP contribution is -2.20. The van der Waals surface area contributed by atoms with Crippen molar-refractivity contribution in [3.05, 3.63) is 35.1 Å². The molecule has 0 aliphatic rings. The molecule has 15 heavy (non-hydrogen) atoms. The van der Waals surface area contributed by atoms with Gasteiger partial charge in [0, 0.05) is 0 Å². The molecule has 0 radical (unpaired) electrons. The van der Waals surface area contributed by atoms with Crippen LogP contribution >= 0.6 is 12.4 Å². The summed E-state index contributed by atoms with van der Waals surface area (Å²) in [5.41, 5.74) is 2.15. The predicted octanol–water partition coefficient (Wildman–Crippen LogP) is 2.37. The van der Waals surface area contributed by atoms with Crippen LogP contribution in [0.1, 0.15) is 15.9 Å². The molecule has 1 aromatic carbocycles. The van der Waals surface area contributed by atoms with Crippen LogP contribution in [0.4, 0.5) is 17.6 Å². The van der Waals surface area contributed by atoms with E-state index in [1.54, 1.807) is 0 Å². The van der Waals surface area contributed by atoms with Gasteiger partial charge in [0.2, 0.25) is 0 Å². The summed E-state index contributed by atoms with van der Waals surface area (Å²) >= 11 is 0. The second kappa shape index (κ2) is 4.48. The number of hydrogen-bond acceptors (Lipinski definition) is 1. The van der Waals surface area contributed by atoms with E-state index in [0.717, 1.165) is 12.1 Å². The van der Waals surface area contributed by atoms with Gasteiger partial charge in [-0.25, -0.2) is 4.39 Å². The molecule has 0 saturated heterocycles. The number of hydrogen-bond donors (Lipinski definition) is 1. The SMILES string of the molecule is Cl.NC(=O)c1c(F)cccc1C(F)(F)F. The molecule has 1 rings (SSSR count). The topological polar surface area (TPSA) is 43.1 Å². The molecular formula is C8H6ClF4NO. The highest BCUT2D eigenvalue weighted by Crippen LogP contribution is 2.32. The number of carbonyl (C=O) groups excluding carboxylic acids is 1. The summed E-state index contributed by atoms with van der Waals surface area (Å²) in [7, 11) is 0. The van der Waals surface area contributed by atoms with Crippen LogP contribution in [0.3, 0.4) is 0 Å². The van der Waals surface area contributed by atoms with Gasteiger partial charge in [0.25, 0.3) is 5.91 Å². The molecule has 0 heterocycles. The van der Waals surface area contributed by atoms with Crippen molar-refractivity contribution in [3.63, 3.8) is 0 Å². The third-order valence-electron chi connectivity index (χ3n) is 1.57. The highest BCUT2D eigenvalue weighted by atomic mass is 35.5. The standard InChI is InChI=1S/C8H5F4NO.ClH/c9-5-3-1-2-4(8(10,11)12)6(5)7(13)14;/h1-3H,(H2,13,14);1H. The van der Waals surface area contributed by atoms with Gasteiger partial charge in [-0.05, 0) is 12.1 Å². The fraction of sp³-hybridized carbons (Fsp3) is 0.125. The largest absolute Gasteiger partial charge is 0.417 e. The Balaban J connectivity index is 0.00000196. The fourth-order valence-corrected chi connectivity index (χ4v) is 1.01. The van der Waals surface area contributed by atoms with Crippen molar-refractivity contribution in [2.24, 2.45) is 5.73 Å². The molecule has 1 aromatic rings. The highest BCUT2D eigenvalue weighted by molar-refractivity contribution is 5.94. The van der Waals surface area contributed by atoms with Crippen LogP contribution in [-0.4, -0.2) is 5.91 Å². The Morgan fingerprint density at radius 3 is 2.13 bits per heavy atom. The van der Waals surface area contributed by atoms with E-state index in [9.17, 15) is 22.4 Å². The predicted molar refractivity (Wildman–Crippen MR) is 47.2 cm³/mol. The molecule has 0 saturated carbocycles. The molecule has 0 spiro atoms. The van der Waals surface area contributed by atoms with E-state index >= 15 is 0 Å². The van der Waals surface area contributed by atoms with Crippen LogP contribution < -0.4 is 5.73 Å². The molecule has 0 unspecified atom stereocenters. The maximum Gasteiger partial charge on any atom is 0.417 e. The van der Waals surface area contributed by atoms with E-state index in [2.05, 4.69) is 5.73 Å². The van der Waals surface area contributed by atoms with Crippen LogP contribution in [0.25, 0.3) is 0 Å². The van der Waals surface area contributed by atoms with Crippen molar-refractivity contribution in [1.82, 2.24) is 0 Å². The smallest absolute Gasteiger partial charge is 0.365 e. The van der Waals surface area contributed by atoms with Crippen molar-refractivity contribution in [1.29, 1.82) is 0 Å². The molecule has 2 nitrogen and oxygen atoms in total. The fourth-order valence-electron chi connectivity index (χ4n) is 1.01. The monoisotopic (exact) mass is 243 g/mol. The number of primary amides is 1. The van der Waals surface area contributed by atoms with E-state index in [1.807, 2.05) is 0 Å². The first-order valence-corrected chi connectivity index (χ1v) is 3.49. The first-order valence-electron chi connectivity index (χ1n) is 3.49. The minimum absolute atomic E-state index is 0. The van der Waals surface area contributed by atoms with Crippen LogP contribution in [0.5, 0.6) is 0 Å². The first kappa shape index (κ1) is 13.7. The zero-order chi connectivity index (χ0) is 10.9. The van der Waals surface area contributed by atoms with Gasteiger partial charge in [-0.15, -0.1) is 12.4 Å². The van der Waals surface area contributed by atoms with E-state index in [4.69, 9.17) is 0 Å². The van der Waals surface area contributed by atoms with Crippen molar-refractivity contribution >= 4 is 18.3 Å². The summed E-state index contributed by atoms with van der Waals surface area (Å²) < 4.78 is 49.5. The van der Waals surface area contributed by atoms with Crippen molar-refractivity contribution in [2.75, 3.05) is 0 Å². The average molecular weight is 244 g/mol. The number of benzene rings is 1. The van der Waals surface area contributed by atoms with Gasteiger partial charge in [0.1, 0.15) is 5.82 Å². The highest BCUT2D eigenvalue weighted by Gasteiger charge is 2.36. The number of nitrogens with two attached hydrogens (primary N) is 1. The number of halogens is 5. The molecule has 1 amide bonds. The van der Waals surface area contributed by atoms with Gasteiger partial charge in [-0.3, -0.25) is 4.79 Å². The Labute approximate surface area is 88.5 Å². The number of alkyl halides is 3. The maximum absolute atomic E-state index is 12.8. The first-order chi connectivity index (χ1) is 6.34. The number of carbonyl (C=O) groups is 1.